The topological polar surface area (TPSA) is 82.6 Å². The highest BCUT2D eigenvalue weighted by Gasteiger charge is 2.21. The maximum Gasteiger partial charge on any atom is 0.210 e. The number of aromatic nitrogens is 4. The van der Waals surface area contributed by atoms with Crippen LogP contribution in [0.2, 0.25) is 25.7 Å². The van der Waals surface area contributed by atoms with E-state index in [4.69, 9.17) is 14.7 Å². The van der Waals surface area contributed by atoms with Crippen molar-refractivity contribution in [3.05, 3.63) is 48.3 Å². The summed E-state index contributed by atoms with van der Waals surface area (Å²) < 4.78 is 10.7. The molecule has 4 heterocycles. The number of ether oxygens (including phenoxy) is 1. The fraction of sp³-hybridized carbons (Fsp3) is 0.440. The van der Waals surface area contributed by atoms with Gasteiger partial charge in [-0.15, -0.1) is 0 Å². The predicted molar refractivity (Wildman–Crippen MR) is 139 cm³/mol. The fourth-order valence-electron chi connectivity index (χ4n) is 4.41. The van der Waals surface area contributed by atoms with Crippen molar-refractivity contribution in [3.63, 3.8) is 0 Å². The third-order valence-electron chi connectivity index (χ3n) is 6.33. The quantitative estimate of drug-likeness (QED) is 0.279. The predicted octanol–water partition coefficient (Wildman–Crippen LogP) is 5.73. The second-order valence-electron chi connectivity index (χ2n) is 10.2. The number of hydrogen-bond acceptors (Lipinski definition) is 5. The number of anilines is 1. The molecular weight excluding hydrogens is 428 g/mol. The zero-order valence-corrected chi connectivity index (χ0v) is 21.3. The van der Waals surface area contributed by atoms with Gasteiger partial charge in [0.1, 0.15) is 6.73 Å². The summed E-state index contributed by atoms with van der Waals surface area (Å²) in [6, 6.07) is 12.1. The van der Waals surface area contributed by atoms with Gasteiger partial charge in [0.05, 0.1) is 29.1 Å². The first-order valence-electron chi connectivity index (χ1n) is 11.7. The molecule has 33 heavy (non-hydrogen) atoms. The van der Waals surface area contributed by atoms with Gasteiger partial charge >= 0.3 is 0 Å². The van der Waals surface area contributed by atoms with Crippen molar-refractivity contribution in [1.82, 2.24) is 25.1 Å². The minimum absolute atomic E-state index is 0. The highest BCUT2D eigenvalue weighted by Crippen LogP contribution is 2.31. The van der Waals surface area contributed by atoms with Crippen LogP contribution in [0, 0.1) is 6.92 Å². The van der Waals surface area contributed by atoms with E-state index in [0.717, 1.165) is 54.1 Å². The lowest BCUT2D eigenvalue weighted by Gasteiger charge is -2.17. The number of imidazole rings is 1. The monoisotopic (exact) mass is 464 g/mol. The smallest absolute Gasteiger partial charge is 0.210 e. The number of fused-ring (bicyclic) bond motifs is 3. The molecule has 3 aromatic heterocycles. The van der Waals surface area contributed by atoms with Gasteiger partial charge in [-0.1, -0.05) is 49.5 Å². The molecule has 0 amide bonds. The number of benzene rings is 1. The Morgan fingerprint density at radius 1 is 1.00 bits per heavy atom. The van der Waals surface area contributed by atoms with E-state index in [1.165, 1.54) is 24.0 Å². The third-order valence-corrected chi connectivity index (χ3v) is 8.04. The number of hydrogen-bond donors (Lipinski definition) is 1. The summed E-state index contributed by atoms with van der Waals surface area (Å²) in [5.74, 6) is 1.03. The maximum absolute atomic E-state index is 6.19. The molecule has 0 radical (unpaired) electrons. The van der Waals surface area contributed by atoms with Crippen molar-refractivity contribution in [1.29, 1.82) is 0 Å². The SMILES string of the molecule is Cc1ccc(-c2cc3c(ncc4cnc(N5CCCC5)n43)n2COCC[Si](C)(C)C)cc1.N. The van der Waals surface area contributed by atoms with Crippen LogP contribution in [0.5, 0.6) is 0 Å². The van der Waals surface area contributed by atoms with Gasteiger partial charge in [0, 0.05) is 27.8 Å². The Morgan fingerprint density at radius 2 is 1.70 bits per heavy atom. The Labute approximate surface area is 197 Å². The molecule has 5 rings (SSSR count). The van der Waals surface area contributed by atoms with E-state index in [1.807, 2.05) is 12.4 Å². The molecule has 1 fully saturated rings. The zero-order chi connectivity index (χ0) is 22.3. The van der Waals surface area contributed by atoms with Crippen LogP contribution in [0.25, 0.3) is 27.9 Å². The molecule has 1 aliphatic heterocycles. The molecule has 0 unspecified atom stereocenters. The molecule has 1 aromatic carbocycles. The highest BCUT2D eigenvalue weighted by molar-refractivity contribution is 6.76. The summed E-state index contributed by atoms with van der Waals surface area (Å²) in [6.07, 6.45) is 6.33. The van der Waals surface area contributed by atoms with Gasteiger partial charge < -0.3 is 20.4 Å². The largest absolute Gasteiger partial charge is 0.361 e. The molecule has 1 aliphatic rings. The van der Waals surface area contributed by atoms with Crippen LogP contribution in [0.4, 0.5) is 5.95 Å². The van der Waals surface area contributed by atoms with Crippen LogP contribution in [0.3, 0.4) is 0 Å². The summed E-state index contributed by atoms with van der Waals surface area (Å²) in [5.41, 5.74) is 6.64. The molecule has 176 valence electrons. The number of aryl methyl sites for hydroxylation is 1. The standard InChI is InChI=1S/C25H33N5OSi.H3N/c1-19-7-9-20(10-8-19)22-15-23-24(29(22)18-31-13-14-32(2,3)4)26-16-21-17-27-25(30(21)23)28-11-5-6-12-28;/h7-10,15-17H,5-6,11-14,18H2,1-4H3;1H3. The maximum atomic E-state index is 6.19. The van der Waals surface area contributed by atoms with E-state index in [-0.39, 0.29) is 6.15 Å². The van der Waals surface area contributed by atoms with Gasteiger partial charge in [-0.05, 0) is 37.4 Å². The fourth-order valence-corrected chi connectivity index (χ4v) is 5.17. The molecule has 0 spiro atoms. The molecule has 8 heteroatoms. The summed E-state index contributed by atoms with van der Waals surface area (Å²) in [6.45, 7) is 12.7. The molecule has 0 atom stereocenters. The van der Waals surface area contributed by atoms with E-state index < -0.39 is 8.07 Å². The Kier molecular flexibility index (Phi) is 6.60. The number of rotatable bonds is 7. The minimum Gasteiger partial charge on any atom is -0.361 e. The highest BCUT2D eigenvalue weighted by atomic mass is 28.3. The van der Waals surface area contributed by atoms with Crippen molar-refractivity contribution >= 4 is 30.7 Å². The average molecular weight is 465 g/mol. The summed E-state index contributed by atoms with van der Waals surface area (Å²) in [4.78, 5) is 12.0. The molecule has 1 saturated heterocycles. The van der Waals surface area contributed by atoms with Gasteiger partial charge in [-0.3, -0.25) is 4.40 Å². The van der Waals surface area contributed by atoms with Gasteiger partial charge in [-0.25, -0.2) is 9.97 Å². The Bertz CT molecular complexity index is 1230. The molecular formula is C25H36N6OSi. The summed E-state index contributed by atoms with van der Waals surface area (Å²) in [5, 5.41) is 0. The minimum atomic E-state index is -1.13. The van der Waals surface area contributed by atoms with Crippen molar-refractivity contribution in [3.8, 4) is 11.3 Å². The molecule has 3 N–H and O–H groups in total. The lowest BCUT2D eigenvalue weighted by atomic mass is 10.1. The second-order valence-corrected chi connectivity index (χ2v) is 15.8. The normalized spacial score (nSPS) is 14.4. The molecule has 0 saturated carbocycles. The molecule has 4 aromatic rings. The zero-order valence-electron chi connectivity index (χ0n) is 20.3. The van der Waals surface area contributed by atoms with Gasteiger partial charge in [-0.2, -0.15) is 0 Å². The van der Waals surface area contributed by atoms with Crippen molar-refractivity contribution in [2.24, 2.45) is 0 Å². The van der Waals surface area contributed by atoms with Gasteiger partial charge in [0.25, 0.3) is 0 Å². The molecule has 0 aliphatic carbocycles. The second kappa shape index (κ2) is 9.28. The number of nitrogens with zero attached hydrogens (tertiary/aromatic N) is 5. The molecule has 0 bridgehead atoms. The Hall–Kier alpha value is -2.68. The van der Waals surface area contributed by atoms with E-state index in [9.17, 15) is 0 Å². The van der Waals surface area contributed by atoms with E-state index in [2.05, 4.69) is 70.8 Å². The third kappa shape index (κ3) is 4.69. The van der Waals surface area contributed by atoms with Crippen LogP contribution in [0.1, 0.15) is 18.4 Å². The Morgan fingerprint density at radius 3 is 2.39 bits per heavy atom. The van der Waals surface area contributed by atoms with Crippen LogP contribution < -0.4 is 11.1 Å². The first-order valence-corrected chi connectivity index (χ1v) is 15.4. The van der Waals surface area contributed by atoms with Crippen molar-refractivity contribution in [2.45, 2.75) is 52.2 Å². The van der Waals surface area contributed by atoms with Crippen molar-refractivity contribution < 1.29 is 4.74 Å². The van der Waals surface area contributed by atoms with Gasteiger partial charge in [0.15, 0.2) is 5.65 Å². The Balaban J connectivity index is 0.00000259. The first-order chi connectivity index (χ1) is 15.4. The average Bonchev–Trinajstić information content (AvgIpc) is 3.48. The van der Waals surface area contributed by atoms with E-state index in [1.54, 1.807) is 0 Å². The van der Waals surface area contributed by atoms with Crippen LogP contribution in [-0.2, 0) is 11.5 Å². The van der Waals surface area contributed by atoms with E-state index in [0.29, 0.717) is 6.73 Å². The van der Waals surface area contributed by atoms with Crippen molar-refractivity contribution in [2.75, 3.05) is 24.6 Å². The van der Waals surface area contributed by atoms with Gasteiger partial charge in [0.2, 0.25) is 5.95 Å². The molecule has 7 nitrogen and oxygen atoms in total. The lowest BCUT2D eigenvalue weighted by molar-refractivity contribution is 0.0909. The summed E-state index contributed by atoms with van der Waals surface area (Å²) >= 11 is 0. The van der Waals surface area contributed by atoms with Crippen LogP contribution in [0.15, 0.2) is 42.7 Å². The van der Waals surface area contributed by atoms with E-state index >= 15 is 0 Å². The lowest BCUT2D eigenvalue weighted by Crippen LogP contribution is -2.22. The van der Waals surface area contributed by atoms with Crippen LogP contribution >= 0.6 is 0 Å². The summed E-state index contributed by atoms with van der Waals surface area (Å²) in [7, 11) is -1.13. The van der Waals surface area contributed by atoms with Crippen LogP contribution in [-0.4, -0.2) is 46.7 Å². The first kappa shape index (κ1) is 23.5.